The molecular formula is C20H25F3N4O3. The van der Waals surface area contributed by atoms with Gasteiger partial charge in [0.2, 0.25) is 5.91 Å². The lowest BCUT2D eigenvalue weighted by molar-refractivity contribution is -0.139. The number of carbonyl (C=O) groups is 3. The summed E-state index contributed by atoms with van der Waals surface area (Å²) in [6.45, 7) is 4.59. The number of halogens is 3. The van der Waals surface area contributed by atoms with E-state index in [4.69, 9.17) is 0 Å². The molecule has 30 heavy (non-hydrogen) atoms. The van der Waals surface area contributed by atoms with E-state index in [1.54, 1.807) is 24.8 Å². The number of nitrogens with zero attached hydrogens (tertiary/aromatic N) is 3. The zero-order chi connectivity index (χ0) is 22.1. The van der Waals surface area contributed by atoms with Gasteiger partial charge in [0.15, 0.2) is 0 Å². The highest BCUT2D eigenvalue weighted by atomic mass is 19.4. The monoisotopic (exact) mass is 426 g/mol. The average Bonchev–Trinajstić information content (AvgIpc) is 2.98. The Morgan fingerprint density at radius 1 is 1.10 bits per heavy atom. The van der Waals surface area contributed by atoms with Gasteiger partial charge in [-0.1, -0.05) is 19.9 Å². The molecule has 0 aromatic heterocycles. The summed E-state index contributed by atoms with van der Waals surface area (Å²) in [4.78, 5) is 41.8. The predicted octanol–water partition coefficient (Wildman–Crippen LogP) is 2.46. The van der Waals surface area contributed by atoms with Crippen LogP contribution in [0.4, 0.5) is 23.7 Å². The van der Waals surface area contributed by atoms with Crippen molar-refractivity contribution in [1.29, 1.82) is 0 Å². The van der Waals surface area contributed by atoms with Crippen LogP contribution in [-0.2, 0) is 15.8 Å². The Balaban J connectivity index is 1.60. The summed E-state index contributed by atoms with van der Waals surface area (Å²) in [6, 6.07) is 4.52. The number of urea groups is 1. The third-order valence-corrected chi connectivity index (χ3v) is 5.92. The summed E-state index contributed by atoms with van der Waals surface area (Å²) in [5, 5.41) is 2.69. The molecule has 2 heterocycles. The summed E-state index contributed by atoms with van der Waals surface area (Å²) < 4.78 is 38.8. The van der Waals surface area contributed by atoms with E-state index in [0.717, 1.165) is 17.0 Å². The first kappa shape index (κ1) is 21.9. The molecule has 1 N–H and O–H groups in total. The molecule has 7 nitrogen and oxygen atoms in total. The van der Waals surface area contributed by atoms with Crippen LogP contribution < -0.4 is 10.2 Å². The molecule has 0 bridgehead atoms. The van der Waals surface area contributed by atoms with Crippen molar-refractivity contribution in [2.24, 2.45) is 0 Å². The van der Waals surface area contributed by atoms with Crippen molar-refractivity contribution in [3.8, 4) is 0 Å². The first-order valence-electron chi connectivity index (χ1n) is 9.95. The summed E-state index contributed by atoms with van der Waals surface area (Å²) in [6.07, 6.45) is -3.54. The van der Waals surface area contributed by atoms with Gasteiger partial charge in [0, 0.05) is 31.9 Å². The van der Waals surface area contributed by atoms with Gasteiger partial charge in [0.1, 0.15) is 12.1 Å². The van der Waals surface area contributed by atoms with E-state index in [1.807, 2.05) is 0 Å². The molecule has 1 aromatic carbocycles. The van der Waals surface area contributed by atoms with Crippen LogP contribution in [0.3, 0.4) is 0 Å². The first-order valence-corrected chi connectivity index (χ1v) is 9.95. The Bertz CT molecular complexity index is 831. The van der Waals surface area contributed by atoms with Gasteiger partial charge in [0.25, 0.3) is 5.91 Å². The smallest absolute Gasteiger partial charge is 0.368 e. The van der Waals surface area contributed by atoms with Crippen molar-refractivity contribution in [3.63, 3.8) is 0 Å². The summed E-state index contributed by atoms with van der Waals surface area (Å²) in [5.74, 6) is -0.751. The molecule has 4 amide bonds. The molecule has 0 unspecified atom stereocenters. The van der Waals surface area contributed by atoms with E-state index < -0.39 is 29.2 Å². The molecule has 3 rings (SSSR count). The van der Waals surface area contributed by atoms with Gasteiger partial charge in [-0.15, -0.1) is 0 Å². The Morgan fingerprint density at radius 2 is 1.73 bits per heavy atom. The maximum Gasteiger partial charge on any atom is 0.416 e. The third kappa shape index (κ3) is 4.08. The molecule has 2 fully saturated rings. The van der Waals surface area contributed by atoms with Crippen LogP contribution in [0.15, 0.2) is 24.3 Å². The predicted molar refractivity (Wildman–Crippen MR) is 104 cm³/mol. The van der Waals surface area contributed by atoms with Crippen molar-refractivity contribution < 1.29 is 27.6 Å². The van der Waals surface area contributed by atoms with Gasteiger partial charge in [-0.2, -0.15) is 13.2 Å². The lowest BCUT2D eigenvalue weighted by Crippen LogP contribution is -2.52. The number of rotatable bonds is 5. The maximum atomic E-state index is 12.9. The fourth-order valence-corrected chi connectivity index (χ4v) is 3.88. The molecule has 2 aliphatic rings. The minimum atomic E-state index is -4.41. The first-order chi connectivity index (χ1) is 14.1. The molecule has 0 atom stereocenters. The second kappa shape index (κ2) is 8.16. The Labute approximate surface area is 172 Å². The quantitative estimate of drug-likeness (QED) is 0.735. The molecule has 0 spiro atoms. The number of carbonyl (C=O) groups excluding carboxylic acids is 3. The number of benzene rings is 1. The highest BCUT2D eigenvalue weighted by Gasteiger charge is 2.49. The molecule has 10 heteroatoms. The Kier molecular flexibility index (Phi) is 5.96. The largest absolute Gasteiger partial charge is 0.416 e. The molecule has 0 saturated carbocycles. The summed E-state index contributed by atoms with van der Waals surface area (Å²) >= 11 is 0. The standard InChI is InChI=1S/C20H25F3N4O3/c1-3-19(4-2)17(29)27(18(30)24-19)13-16(28)26-10-8-25(9-11-26)15-7-5-6-14(12-15)20(21,22)23/h5-7,12H,3-4,8-11,13H2,1-2H3,(H,24,30). The lowest BCUT2D eigenvalue weighted by Gasteiger charge is -2.36. The minimum absolute atomic E-state index is 0.297. The van der Waals surface area contributed by atoms with Crippen LogP contribution in [-0.4, -0.2) is 65.9 Å². The number of hydrogen-bond acceptors (Lipinski definition) is 4. The topological polar surface area (TPSA) is 73.0 Å². The highest BCUT2D eigenvalue weighted by Crippen LogP contribution is 2.32. The number of imide groups is 1. The molecule has 2 saturated heterocycles. The van der Waals surface area contributed by atoms with Crippen LogP contribution in [0, 0.1) is 0 Å². The lowest BCUT2D eigenvalue weighted by atomic mass is 9.93. The zero-order valence-electron chi connectivity index (χ0n) is 17.0. The zero-order valence-corrected chi connectivity index (χ0v) is 17.0. The molecule has 0 aliphatic carbocycles. The average molecular weight is 426 g/mol. The van der Waals surface area contributed by atoms with Crippen LogP contribution >= 0.6 is 0 Å². The van der Waals surface area contributed by atoms with Crippen LogP contribution in [0.25, 0.3) is 0 Å². The van der Waals surface area contributed by atoms with E-state index in [0.29, 0.717) is 44.7 Å². The van der Waals surface area contributed by atoms with Crippen molar-refractivity contribution >= 4 is 23.5 Å². The van der Waals surface area contributed by atoms with Crippen molar-refractivity contribution in [2.75, 3.05) is 37.6 Å². The van der Waals surface area contributed by atoms with Crippen molar-refractivity contribution in [2.45, 2.75) is 38.4 Å². The number of alkyl halides is 3. The van der Waals surface area contributed by atoms with Crippen LogP contribution in [0.1, 0.15) is 32.3 Å². The Hall–Kier alpha value is -2.78. The third-order valence-electron chi connectivity index (χ3n) is 5.92. The van der Waals surface area contributed by atoms with E-state index >= 15 is 0 Å². The number of anilines is 1. The summed E-state index contributed by atoms with van der Waals surface area (Å²) in [5.41, 5.74) is -1.23. The van der Waals surface area contributed by atoms with E-state index in [2.05, 4.69) is 5.32 Å². The maximum absolute atomic E-state index is 12.9. The van der Waals surface area contributed by atoms with Gasteiger partial charge in [-0.25, -0.2) is 4.79 Å². The number of amides is 4. The second-order valence-corrected chi connectivity index (χ2v) is 7.53. The van der Waals surface area contributed by atoms with Crippen molar-refractivity contribution in [1.82, 2.24) is 15.1 Å². The fourth-order valence-electron chi connectivity index (χ4n) is 3.88. The van der Waals surface area contributed by atoms with E-state index in [9.17, 15) is 27.6 Å². The van der Waals surface area contributed by atoms with Gasteiger partial charge in [0.05, 0.1) is 5.56 Å². The molecule has 1 aromatic rings. The Morgan fingerprint density at radius 3 is 2.27 bits per heavy atom. The van der Waals surface area contributed by atoms with Gasteiger partial charge < -0.3 is 15.1 Å². The molecule has 0 radical (unpaired) electrons. The SMILES string of the molecule is CCC1(CC)NC(=O)N(CC(=O)N2CCN(c3cccc(C(F)(F)F)c3)CC2)C1=O. The molecule has 164 valence electrons. The number of hydrogen-bond donors (Lipinski definition) is 1. The number of nitrogens with one attached hydrogen (secondary N) is 1. The van der Waals surface area contributed by atoms with Gasteiger partial charge in [-0.05, 0) is 31.0 Å². The highest BCUT2D eigenvalue weighted by molar-refractivity contribution is 6.09. The van der Waals surface area contributed by atoms with Crippen LogP contribution in [0.5, 0.6) is 0 Å². The van der Waals surface area contributed by atoms with Crippen LogP contribution in [0.2, 0.25) is 0 Å². The minimum Gasteiger partial charge on any atom is -0.368 e. The molecular weight excluding hydrogens is 401 g/mol. The fraction of sp³-hybridized carbons (Fsp3) is 0.550. The van der Waals surface area contributed by atoms with E-state index in [1.165, 1.54) is 11.0 Å². The molecule has 2 aliphatic heterocycles. The second-order valence-electron chi connectivity index (χ2n) is 7.53. The summed E-state index contributed by atoms with van der Waals surface area (Å²) in [7, 11) is 0. The van der Waals surface area contributed by atoms with E-state index in [-0.39, 0.29) is 12.5 Å². The normalized spacial score (nSPS) is 19.3. The van der Waals surface area contributed by atoms with Gasteiger partial charge in [-0.3, -0.25) is 14.5 Å². The number of piperazine rings is 1. The van der Waals surface area contributed by atoms with Crippen molar-refractivity contribution in [3.05, 3.63) is 29.8 Å². The van der Waals surface area contributed by atoms with Gasteiger partial charge >= 0.3 is 12.2 Å².